The fraction of sp³-hybridized carbons (Fsp3) is 0.348. The molecule has 8 heteroatoms. The molecule has 0 aliphatic heterocycles. The molecule has 0 unspecified atom stereocenters. The van der Waals surface area contributed by atoms with Crippen LogP contribution in [0.1, 0.15) is 39.0 Å². The Morgan fingerprint density at radius 1 is 1.06 bits per heavy atom. The third-order valence-electron chi connectivity index (χ3n) is 5.33. The van der Waals surface area contributed by atoms with Crippen molar-refractivity contribution in [1.29, 1.82) is 0 Å². The summed E-state index contributed by atoms with van der Waals surface area (Å²) in [5.41, 5.74) is 0.687. The van der Waals surface area contributed by atoms with Crippen molar-refractivity contribution in [1.82, 2.24) is 4.98 Å². The summed E-state index contributed by atoms with van der Waals surface area (Å²) in [6, 6.07) is 14.0. The van der Waals surface area contributed by atoms with E-state index in [0.29, 0.717) is 12.2 Å². The Morgan fingerprint density at radius 3 is 2.39 bits per heavy atom. The Hall–Kier alpha value is -2.32. The second kappa shape index (κ2) is 9.44. The first-order valence-electron chi connectivity index (χ1n) is 10.5. The lowest BCUT2D eigenvalue weighted by Gasteiger charge is -2.22. The van der Waals surface area contributed by atoms with Gasteiger partial charge >= 0.3 is 0 Å². The molecule has 31 heavy (non-hydrogen) atoms. The third kappa shape index (κ3) is 4.96. The molecule has 1 fully saturated rings. The molecular formula is C23H25BrN2O4S. The van der Waals surface area contributed by atoms with Crippen LogP contribution in [0.3, 0.4) is 0 Å². The molecule has 2 aromatic carbocycles. The lowest BCUT2D eigenvalue weighted by Crippen LogP contribution is -2.23. The molecule has 0 saturated heterocycles. The minimum Gasteiger partial charge on any atom is -0.494 e. The lowest BCUT2D eigenvalue weighted by molar-refractivity contribution is 0.340. The van der Waals surface area contributed by atoms with E-state index in [1.807, 2.05) is 31.2 Å². The fourth-order valence-corrected chi connectivity index (χ4v) is 5.25. The molecule has 1 aliphatic rings. The van der Waals surface area contributed by atoms with Crippen LogP contribution in [0.5, 0.6) is 5.75 Å². The van der Waals surface area contributed by atoms with Crippen molar-refractivity contribution in [2.45, 2.75) is 55.0 Å². The molecule has 0 radical (unpaired) electrons. The van der Waals surface area contributed by atoms with Gasteiger partial charge in [0.15, 0.2) is 0 Å². The van der Waals surface area contributed by atoms with Gasteiger partial charge in [0.25, 0.3) is 0 Å². The number of rotatable bonds is 7. The van der Waals surface area contributed by atoms with Gasteiger partial charge in [0.1, 0.15) is 5.75 Å². The second-order valence-electron chi connectivity index (χ2n) is 7.55. The first-order valence-corrected chi connectivity index (χ1v) is 12.8. The molecule has 1 N–H and O–H groups in total. The van der Waals surface area contributed by atoms with Crippen molar-refractivity contribution in [3.05, 3.63) is 53.0 Å². The molecule has 1 aliphatic carbocycles. The summed E-state index contributed by atoms with van der Waals surface area (Å²) in [6.07, 6.45) is 5.41. The standard InChI is InChI=1S/C23H25BrN2O4S/c1-2-29-19-12-8-16(9-13-19)21-26-23(22(30-21)25-18-6-4-3-5-7-18)31(27,28)20-14-10-17(24)11-15-20/h8-15,18,25H,2-7H2,1H3. The summed E-state index contributed by atoms with van der Waals surface area (Å²) < 4.78 is 39.1. The maximum Gasteiger partial charge on any atom is 0.234 e. The van der Waals surface area contributed by atoms with E-state index in [-0.39, 0.29) is 27.7 Å². The average Bonchev–Trinajstić information content (AvgIpc) is 3.20. The highest BCUT2D eigenvalue weighted by Gasteiger charge is 2.30. The first-order chi connectivity index (χ1) is 15.0. The normalized spacial score (nSPS) is 15.0. The molecule has 0 bridgehead atoms. The molecule has 6 nitrogen and oxygen atoms in total. The van der Waals surface area contributed by atoms with E-state index in [0.717, 1.165) is 35.9 Å². The van der Waals surface area contributed by atoms with E-state index >= 15 is 0 Å². The number of oxazole rings is 1. The molecule has 0 amide bonds. The number of nitrogens with zero attached hydrogens (tertiary/aromatic N) is 1. The Labute approximate surface area is 191 Å². The average molecular weight is 505 g/mol. The van der Waals surface area contributed by atoms with Crippen LogP contribution in [-0.4, -0.2) is 26.1 Å². The minimum atomic E-state index is -3.85. The summed E-state index contributed by atoms with van der Waals surface area (Å²) in [4.78, 5) is 4.60. The van der Waals surface area contributed by atoms with Crippen LogP contribution in [0.2, 0.25) is 0 Å². The molecule has 1 aromatic heterocycles. The van der Waals surface area contributed by atoms with Crippen molar-refractivity contribution in [2.75, 3.05) is 11.9 Å². The van der Waals surface area contributed by atoms with Crippen molar-refractivity contribution in [2.24, 2.45) is 0 Å². The Balaban J connectivity index is 1.73. The third-order valence-corrected chi connectivity index (χ3v) is 7.53. The summed E-state index contributed by atoms with van der Waals surface area (Å²) in [6.45, 7) is 2.49. The quantitative estimate of drug-likeness (QED) is 0.419. The molecule has 0 spiro atoms. The number of hydrogen-bond donors (Lipinski definition) is 1. The zero-order valence-electron chi connectivity index (χ0n) is 17.3. The van der Waals surface area contributed by atoms with Crippen LogP contribution in [0.15, 0.2) is 67.3 Å². The molecule has 3 aromatic rings. The maximum absolute atomic E-state index is 13.4. The highest BCUT2D eigenvalue weighted by Crippen LogP contribution is 2.35. The van der Waals surface area contributed by atoms with Crippen molar-refractivity contribution >= 4 is 31.7 Å². The monoisotopic (exact) mass is 504 g/mol. The molecule has 164 valence electrons. The minimum absolute atomic E-state index is 0.0794. The Kier molecular flexibility index (Phi) is 6.67. The number of halogens is 1. The van der Waals surface area contributed by atoms with Gasteiger partial charge in [-0.25, -0.2) is 8.42 Å². The number of sulfone groups is 1. The van der Waals surface area contributed by atoms with E-state index in [1.54, 1.807) is 24.3 Å². The Bertz CT molecular complexity index is 1120. The van der Waals surface area contributed by atoms with Crippen LogP contribution < -0.4 is 10.1 Å². The lowest BCUT2D eigenvalue weighted by atomic mass is 9.96. The molecule has 0 atom stereocenters. The predicted octanol–water partition coefficient (Wildman–Crippen LogP) is 6.08. The summed E-state index contributed by atoms with van der Waals surface area (Å²) in [5, 5.41) is 3.24. The summed E-state index contributed by atoms with van der Waals surface area (Å²) in [5.74, 6) is 1.21. The Morgan fingerprint density at radius 2 is 1.74 bits per heavy atom. The van der Waals surface area contributed by atoms with Crippen molar-refractivity contribution in [3.8, 4) is 17.2 Å². The highest BCUT2D eigenvalue weighted by molar-refractivity contribution is 9.10. The molecule has 4 rings (SSSR count). The summed E-state index contributed by atoms with van der Waals surface area (Å²) in [7, 11) is -3.85. The van der Waals surface area contributed by atoms with Gasteiger partial charge < -0.3 is 14.5 Å². The van der Waals surface area contributed by atoms with E-state index in [1.165, 1.54) is 6.42 Å². The van der Waals surface area contributed by atoms with Gasteiger partial charge in [0.05, 0.1) is 11.5 Å². The predicted molar refractivity (Wildman–Crippen MR) is 123 cm³/mol. The van der Waals surface area contributed by atoms with E-state index in [4.69, 9.17) is 9.15 Å². The van der Waals surface area contributed by atoms with Crippen LogP contribution in [0.4, 0.5) is 5.88 Å². The topological polar surface area (TPSA) is 81.4 Å². The van der Waals surface area contributed by atoms with Gasteiger partial charge in [0, 0.05) is 16.1 Å². The van der Waals surface area contributed by atoms with Crippen molar-refractivity contribution < 1.29 is 17.6 Å². The first kappa shape index (κ1) is 21.9. The number of nitrogens with one attached hydrogen (secondary N) is 1. The second-order valence-corrected chi connectivity index (χ2v) is 10.3. The van der Waals surface area contributed by atoms with Gasteiger partial charge in [0.2, 0.25) is 26.6 Å². The highest BCUT2D eigenvalue weighted by atomic mass is 79.9. The maximum atomic E-state index is 13.4. The van der Waals surface area contributed by atoms with Gasteiger partial charge in [-0.3, -0.25) is 0 Å². The molecular weight excluding hydrogens is 480 g/mol. The largest absolute Gasteiger partial charge is 0.494 e. The smallest absolute Gasteiger partial charge is 0.234 e. The summed E-state index contributed by atoms with van der Waals surface area (Å²) >= 11 is 3.35. The van der Waals surface area contributed by atoms with Crippen LogP contribution in [-0.2, 0) is 9.84 Å². The number of ether oxygens (including phenoxy) is 1. The SMILES string of the molecule is CCOc1ccc(-c2nc(S(=O)(=O)c3ccc(Br)cc3)c(NC3CCCCC3)o2)cc1. The van der Waals surface area contributed by atoms with E-state index in [9.17, 15) is 8.42 Å². The zero-order valence-corrected chi connectivity index (χ0v) is 19.7. The number of aromatic nitrogens is 1. The van der Waals surface area contributed by atoms with Gasteiger partial charge in [-0.05, 0) is 68.3 Å². The fourth-order valence-electron chi connectivity index (χ4n) is 3.72. The van der Waals surface area contributed by atoms with Gasteiger partial charge in [-0.15, -0.1) is 0 Å². The number of benzene rings is 2. The van der Waals surface area contributed by atoms with Gasteiger partial charge in [-0.2, -0.15) is 4.98 Å². The number of anilines is 1. The molecule has 1 heterocycles. The van der Waals surface area contributed by atoms with Gasteiger partial charge in [-0.1, -0.05) is 35.2 Å². The van der Waals surface area contributed by atoms with Crippen LogP contribution in [0, 0.1) is 0 Å². The van der Waals surface area contributed by atoms with E-state index < -0.39 is 9.84 Å². The zero-order chi connectivity index (χ0) is 21.8. The van der Waals surface area contributed by atoms with Crippen LogP contribution >= 0.6 is 15.9 Å². The van der Waals surface area contributed by atoms with Crippen LogP contribution in [0.25, 0.3) is 11.5 Å². The van der Waals surface area contributed by atoms with E-state index in [2.05, 4.69) is 26.2 Å². The number of hydrogen-bond acceptors (Lipinski definition) is 6. The van der Waals surface area contributed by atoms with Crippen molar-refractivity contribution in [3.63, 3.8) is 0 Å². The molecule has 1 saturated carbocycles.